The van der Waals surface area contributed by atoms with E-state index in [1.54, 1.807) is 32.0 Å². The zero-order valence-corrected chi connectivity index (χ0v) is 18.1. The lowest BCUT2D eigenvalue weighted by molar-refractivity contribution is -0.139. The number of oxazole rings is 1. The number of ether oxygens (including phenoxy) is 2. The van der Waals surface area contributed by atoms with Crippen molar-refractivity contribution in [2.75, 3.05) is 6.61 Å². The predicted molar refractivity (Wildman–Crippen MR) is 112 cm³/mol. The van der Waals surface area contributed by atoms with E-state index in [1.165, 1.54) is 18.3 Å². The first-order valence-electron chi connectivity index (χ1n) is 9.89. The number of aliphatic carboxylic acids is 1. The van der Waals surface area contributed by atoms with Crippen LogP contribution >= 0.6 is 0 Å². The molecule has 1 N–H and O–H groups in total. The molecule has 1 unspecified atom stereocenters. The van der Waals surface area contributed by atoms with E-state index in [1.807, 2.05) is 13.8 Å². The number of aryl methyl sites for hydroxylation is 1. The molecule has 6 nitrogen and oxygen atoms in total. The summed E-state index contributed by atoms with van der Waals surface area (Å²) in [6, 6.07) is 9.46. The van der Waals surface area contributed by atoms with Crippen LogP contribution in [-0.4, -0.2) is 22.7 Å². The number of rotatable bonds is 7. The molecule has 0 aliphatic rings. The van der Waals surface area contributed by atoms with Crippen molar-refractivity contribution in [2.45, 2.75) is 40.0 Å². The number of hydrogen-bond acceptors (Lipinski definition) is 5. The standard InChI is InChI=1S/C21H18F3NO5.C2H6/c1-12-9-16(7-8-17(12)28-11-19(26)27)29-13(2)18-10-25-20(30-18)14-3-5-15(6-4-14)21(22,23)24;1-2/h3-10,13H,11H2,1-2H3,(H,26,27);1-2H3. The SMILES string of the molecule is CC.Cc1cc(OC(C)c2cnc(-c3ccc(C(F)(F)F)cc3)o2)ccc1OCC(=O)O. The van der Waals surface area contributed by atoms with Gasteiger partial charge in [-0.25, -0.2) is 9.78 Å². The summed E-state index contributed by atoms with van der Waals surface area (Å²) in [5.74, 6) is 0.450. The number of aromatic nitrogens is 1. The quantitative estimate of drug-likeness (QED) is 0.454. The zero-order valence-electron chi connectivity index (χ0n) is 18.1. The first-order chi connectivity index (χ1) is 15.1. The Hall–Kier alpha value is -3.49. The number of carboxylic acids is 1. The number of carbonyl (C=O) groups is 1. The Morgan fingerprint density at radius 3 is 2.38 bits per heavy atom. The van der Waals surface area contributed by atoms with Crippen LogP contribution in [0.25, 0.3) is 11.5 Å². The van der Waals surface area contributed by atoms with E-state index in [9.17, 15) is 18.0 Å². The van der Waals surface area contributed by atoms with Gasteiger partial charge >= 0.3 is 12.1 Å². The van der Waals surface area contributed by atoms with Gasteiger partial charge in [0.15, 0.2) is 18.5 Å². The van der Waals surface area contributed by atoms with Gasteiger partial charge in [-0.05, 0) is 61.9 Å². The van der Waals surface area contributed by atoms with Gasteiger partial charge in [-0.15, -0.1) is 0 Å². The van der Waals surface area contributed by atoms with Crippen molar-refractivity contribution in [1.29, 1.82) is 0 Å². The van der Waals surface area contributed by atoms with E-state index in [0.717, 1.165) is 12.1 Å². The van der Waals surface area contributed by atoms with Crippen molar-refractivity contribution in [3.05, 3.63) is 65.5 Å². The summed E-state index contributed by atoms with van der Waals surface area (Å²) < 4.78 is 54.7. The molecule has 0 aliphatic carbocycles. The lowest BCUT2D eigenvalue weighted by atomic mass is 10.1. The molecule has 1 atom stereocenters. The number of benzene rings is 2. The van der Waals surface area contributed by atoms with Crippen LogP contribution in [0.5, 0.6) is 11.5 Å². The number of nitrogens with zero attached hydrogens (tertiary/aromatic N) is 1. The number of carboxylic acid groups (broad SMARTS) is 1. The number of halogens is 3. The van der Waals surface area contributed by atoms with E-state index < -0.39 is 30.4 Å². The smallest absolute Gasteiger partial charge is 0.416 e. The molecule has 0 aliphatic heterocycles. The molecule has 0 radical (unpaired) electrons. The minimum atomic E-state index is -4.41. The lowest BCUT2D eigenvalue weighted by Crippen LogP contribution is -2.10. The monoisotopic (exact) mass is 451 g/mol. The molecule has 0 fully saturated rings. The van der Waals surface area contributed by atoms with Gasteiger partial charge < -0.3 is 19.0 Å². The molecular weight excluding hydrogens is 427 g/mol. The van der Waals surface area contributed by atoms with Crippen molar-refractivity contribution in [3.63, 3.8) is 0 Å². The maximum Gasteiger partial charge on any atom is 0.416 e. The third-order valence-electron chi connectivity index (χ3n) is 4.19. The highest BCUT2D eigenvalue weighted by molar-refractivity contribution is 5.68. The van der Waals surface area contributed by atoms with Crippen LogP contribution in [0.2, 0.25) is 0 Å². The average molecular weight is 451 g/mol. The lowest BCUT2D eigenvalue weighted by Gasteiger charge is -2.14. The Morgan fingerprint density at radius 2 is 1.81 bits per heavy atom. The number of alkyl halides is 3. The topological polar surface area (TPSA) is 81.8 Å². The fourth-order valence-electron chi connectivity index (χ4n) is 2.67. The molecule has 2 aromatic carbocycles. The fourth-order valence-corrected chi connectivity index (χ4v) is 2.67. The van der Waals surface area contributed by atoms with E-state index in [0.29, 0.717) is 28.4 Å². The first kappa shape index (κ1) is 24.8. The summed E-state index contributed by atoms with van der Waals surface area (Å²) >= 11 is 0. The third kappa shape index (κ3) is 6.50. The van der Waals surface area contributed by atoms with Crippen molar-refractivity contribution < 1.29 is 37.0 Å². The molecule has 0 amide bonds. The molecule has 1 heterocycles. The van der Waals surface area contributed by atoms with Gasteiger partial charge in [0.05, 0.1) is 11.8 Å². The van der Waals surface area contributed by atoms with Gasteiger partial charge in [0.1, 0.15) is 11.5 Å². The normalized spacial score (nSPS) is 11.8. The largest absolute Gasteiger partial charge is 0.483 e. The van der Waals surface area contributed by atoms with Crippen LogP contribution in [0.1, 0.15) is 43.8 Å². The molecule has 3 rings (SSSR count). The second-order valence-electron chi connectivity index (χ2n) is 6.51. The Balaban J connectivity index is 0.00000176. The van der Waals surface area contributed by atoms with E-state index in [4.69, 9.17) is 19.0 Å². The molecule has 0 bridgehead atoms. The average Bonchev–Trinajstić information content (AvgIpc) is 3.24. The second-order valence-corrected chi connectivity index (χ2v) is 6.51. The third-order valence-corrected chi connectivity index (χ3v) is 4.19. The van der Waals surface area contributed by atoms with Gasteiger partial charge in [0, 0.05) is 5.56 Å². The minimum Gasteiger partial charge on any atom is -0.483 e. The molecule has 0 saturated heterocycles. The maximum atomic E-state index is 12.7. The summed E-state index contributed by atoms with van der Waals surface area (Å²) in [6.07, 6.45) is -3.48. The summed E-state index contributed by atoms with van der Waals surface area (Å²) in [5, 5.41) is 8.68. The van der Waals surface area contributed by atoms with E-state index >= 15 is 0 Å². The van der Waals surface area contributed by atoms with Gasteiger partial charge in [-0.3, -0.25) is 0 Å². The van der Waals surface area contributed by atoms with Crippen LogP contribution in [0.15, 0.2) is 53.1 Å². The molecule has 172 valence electrons. The Bertz CT molecular complexity index is 1030. The van der Waals surface area contributed by atoms with E-state index in [2.05, 4.69) is 4.98 Å². The zero-order chi connectivity index (χ0) is 23.9. The van der Waals surface area contributed by atoms with Crippen LogP contribution in [0.3, 0.4) is 0 Å². The highest BCUT2D eigenvalue weighted by Gasteiger charge is 2.30. The van der Waals surface area contributed by atoms with E-state index in [-0.39, 0.29) is 5.89 Å². The van der Waals surface area contributed by atoms with Crippen molar-refractivity contribution in [1.82, 2.24) is 4.98 Å². The van der Waals surface area contributed by atoms with Gasteiger partial charge in [0.2, 0.25) is 5.89 Å². The highest BCUT2D eigenvalue weighted by Crippen LogP contribution is 2.32. The summed E-state index contributed by atoms with van der Waals surface area (Å²) in [7, 11) is 0. The van der Waals surface area contributed by atoms with Crippen molar-refractivity contribution in [3.8, 4) is 23.0 Å². The summed E-state index contributed by atoms with van der Waals surface area (Å²) in [6.45, 7) is 7.05. The van der Waals surface area contributed by atoms with Gasteiger partial charge in [0.25, 0.3) is 0 Å². The molecule has 32 heavy (non-hydrogen) atoms. The Labute approximate surface area is 183 Å². The molecule has 1 aromatic heterocycles. The second kappa shape index (κ2) is 10.7. The van der Waals surface area contributed by atoms with Crippen LogP contribution in [-0.2, 0) is 11.0 Å². The minimum absolute atomic E-state index is 0.183. The first-order valence-corrected chi connectivity index (χ1v) is 9.89. The summed E-state index contributed by atoms with van der Waals surface area (Å²) in [5.41, 5.74) is 0.363. The Kier molecular flexibility index (Phi) is 8.28. The van der Waals surface area contributed by atoms with Crippen LogP contribution < -0.4 is 9.47 Å². The van der Waals surface area contributed by atoms with Gasteiger partial charge in [-0.1, -0.05) is 13.8 Å². The van der Waals surface area contributed by atoms with Crippen LogP contribution in [0.4, 0.5) is 13.2 Å². The highest BCUT2D eigenvalue weighted by atomic mass is 19.4. The molecule has 3 aromatic rings. The number of hydrogen-bond donors (Lipinski definition) is 1. The van der Waals surface area contributed by atoms with Gasteiger partial charge in [-0.2, -0.15) is 13.2 Å². The molecule has 0 saturated carbocycles. The molecule has 0 spiro atoms. The van der Waals surface area contributed by atoms with Crippen molar-refractivity contribution in [2.24, 2.45) is 0 Å². The fraction of sp³-hybridized carbons (Fsp3) is 0.304. The van der Waals surface area contributed by atoms with Crippen molar-refractivity contribution >= 4 is 5.97 Å². The molecular formula is C23H24F3NO5. The summed E-state index contributed by atoms with van der Waals surface area (Å²) in [4.78, 5) is 14.7. The predicted octanol–water partition coefficient (Wildman–Crippen LogP) is 6.30. The van der Waals surface area contributed by atoms with Crippen LogP contribution in [0, 0.1) is 6.92 Å². The molecule has 9 heteroatoms. The Morgan fingerprint density at radius 1 is 1.16 bits per heavy atom. The maximum absolute atomic E-state index is 12.7.